The molecule has 4 aromatic rings. The van der Waals surface area contributed by atoms with E-state index in [0.717, 1.165) is 5.56 Å². The number of hydrogen-bond donors (Lipinski definition) is 12. The summed E-state index contributed by atoms with van der Waals surface area (Å²) < 4.78 is 0. The third kappa shape index (κ3) is 18.1. The molecule has 0 aliphatic heterocycles. The molecule has 5 rings (SSSR count). The Bertz CT molecular complexity index is 2800. The van der Waals surface area contributed by atoms with E-state index in [1.54, 1.807) is 54.7 Å². The van der Waals surface area contributed by atoms with E-state index in [2.05, 4.69) is 47.5 Å². The van der Waals surface area contributed by atoms with Gasteiger partial charge in [0.2, 0.25) is 53.2 Å². The summed E-state index contributed by atoms with van der Waals surface area (Å²) in [6.07, 6.45) is 2.91. The van der Waals surface area contributed by atoms with E-state index in [9.17, 15) is 58.2 Å². The van der Waals surface area contributed by atoms with Gasteiger partial charge < -0.3 is 63.5 Å². The predicted octanol–water partition coefficient (Wildman–Crippen LogP) is 1.52. The molecule has 3 aromatic carbocycles. The molecule has 1 heterocycles. The number of aromatic amines is 1. The van der Waals surface area contributed by atoms with Crippen molar-refractivity contribution in [3.05, 3.63) is 102 Å². The number of carboxylic acids is 1. The number of para-hydroxylation sites is 1. The third-order valence-electron chi connectivity index (χ3n) is 13.1. The summed E-state index contributed by atoms with van der Waals surface area (Å²) in [5.74, 6) is -7.78. The van der Waals surface area contributed by atoms with Gasteiger partial charge in [-0.1, -0.05) is 74.5 Å². The van der Waals surface area contributed by atoms with Crippen molar-refractivity contribution in [1.82, 2.24) is 47.5 Å². The van der Waals surface area contributed by atoms with E-state index in [1.807, 2.05) is 26.2 Å². The van der Waals surface area contributed by atoms with Gasteiger partial charge in [0.25, 0.3) is 0 Å². The van der Waals surface area contributed by atoms with Crippen molar-refractivity contribution in [1.29, 1.82) is 0 Å². The number of fused-ring (bicyclic) bond motifs is 1. The molecule has 1 aliphatic carbocycles. The van der Waals surface area contributed by atoms with Crippen molar-refractivity contribution >= 4 is 81.8 Å². The van der Waals surface area contributed by atoms with Crippen LogP contribution in [0.15, 0.2) is 85.1 Å². The number of hydrogen-bond acceptors (Lipinski definition) is 12. The zero-order valence-corrected chi connectivity index (χ0v) is 45.5. The van der Waals surface area contributed by atoms with Gasteiger partial charge >= 0.3 is 5.97 Å². The van der Waals surface area contributed by atoms with Crippen LogP contribution < -0.4 is 48.3 Å². The van der Waals surface area contributed by atoms with Gasteiger partial charge in [0.1, 0.15) is 53.1 Å². The number of primary amides is 1. The minimum Gasteiger partial charge on any atom is -0.508 e. The molecule has 1 saturated carbocycles. The van der Waals surface area contributed by atoms with Gasteiger partial charge in [-0.2, -0.15) is 11.8 Å². The number of aromatic nitrogens is 1. The first-order chi connectivity index (χ1) is 36.9. The molecule has 0 bridgehead atoms. The molecule has 22 nitrogen and oxygen atoms in total. The first-order valence-corrected chi connectivity index (χ1v) is 27.1. The van der Waals surface area contributed by atoms with Crippen molar-refractivity contribution in [3.63, 3.8) is 0 Å². The minimum atomic E-state index is -1.76. The van der Waals surface area contributed by atoms with Gasteiger partial charge in [-0.15, -0.1) is 0 Å². The molecule has 13 N–H and O–H groups in total. The number of amides is 9. The van der Waals surface area contributed by atoms with Gasteiger partial charge in [-0.05, 0) is 98.8 Å². The van der Waals surface area contributed by atoms with E-state index in [-0.39, 0.29) is 56.6 Å². The highest BCUT2D eigenvalue weighted by Gasteiger charge is 2.52. The van der Waals surface area contributed by atoms with E-state index in [0.29, 0.717) is 27.8 Å². The van der Waals surface area contributed by atoms with E-state index in [1.165, 1.54) is 56.8 Å². The first kappa shape index (κ1) is 60.9. The number of rotatable bonds is 30. The molecule has 420 valence electrons. The lowest BCUT2D eigenvalue weighted by atomic mass is 9.99. The Morgan fingerprint density at radius 1 is 0.667 bits per heavy atom. The Kier molecular flexibility index (Phi) is 21.8. The fraction of sp³-hybridized carbons (Fsp3) is 0.455. The number of phenols is 1. The van der Waals surface area contributed by atoms with Crippen molar-refractivity contribution < 1.29 is 58.2 Å². The number of benzene rings is 3. The molecular weight excluding hydrogens is 1020 g/mol. The Hall–Kier alpha value is -7.95. The number of aliphatic carboxylic acids is 1. The van der Waals surface area contributed by atoms with Gasteiger partial charge in [0.15, 0.2) is 0 Å². The van der Waals surface area contributed by atoms with E-state index >= 15 is 0 Å². The Balaban J connectivity index is 1.41. The molecule has 0 spiro atoms. The van der Waals surface area contributed by atoms with Gasteiger partial charge in [-0.25, -0.2) is 0 Å². The average Bonchev–Trinajstić information content (AvgIpc) is 4.08. The summed E-state index contributed by atoms with van der Waals surface area (Å²) in [4.78, 5) is 139. The van der Waals surface area contributed by atoms with Crippen LogP contribution in [0, 0.1) is 5.92 Å². The minimum absolute atomic E-state index is 0.0155. The maximum atomic E-state index is 14.8. The molecule has 1 aliphatic rings. The van der Waals surface area contributed by atoms with Crippen LogP contribution in [0.25, 0.3) is 10.9 Å². The third-order valence-corrected chi connectivity index (χ3v) is 13.8. The molecule has 23 heteroatoms. The second-order valence-electron chi connectivity index (χ2n) is 20.5. The summed E-state index contributed by atoms with van der Waals surface area (Å²) in [5.41, 5.74) is 4.82. The van der Waals surface area contributed by atoms with Crippen LogP contribution in [0.3, 0.4) is 0 Å². The number of thioether (sulfide) groups is 1. The van der Waals surface area contributed by atoms with Crippen molar-refractivity contribution in [2.45, 2.75) is 140 Å². The van der Waals surface area contributed by atoms with Gasteiger partial charge in [0, 0.05) is 49.7 Å². The summed E-state index contributed by atoms with van der Waals surface area (Å²) in [5, 5.41) is 41.9. The second kappa shape index (κ2) is 27.9. The lowest BCUT2D eigenvalue weighted by Gasteiger charge is -2.31. The van der Waals surface area contributed by atoms with Crippen LogP contribution >= 0.6 is 11.8 Å². The molecule has 0 saturated heterocycles. The number of carbonyl (C=O) groups is 10. The number of H-pyrrole nitrogens is 1. The lowest BCUT2D eigenvalue weighted by Crippen LogP contribution is -2.63. The summed E-state index contributed by atoms with van der Waals surface area (Å²) in [6.45, 7) is 7.74. The Morgan fingerprint density at radius 3 is 1.78 bits per heavy atom. The molecule has 78 heavy (non-hydrogen) atoms. The standard InChI is InChI=1S/C55H72N10O12S/c1-31(2)26-41(46(56)70)62-53(77)55(23-24-55)65-51(75)39(20-21-45(68)69)59-49(73)44(29-35-30-57-38-15-11-10-14-37(35)38)61-48(72)43(28-34-16-18-36(67)19-17-34)63-52(76)54(4,5)64-50(74)40(22-25-78-6)60-47(71)42(58-32(3)66)27-33-12-8-7-9-13-33/h7-19,30-31,39-44,57,67H,20-29H2,1-6H3,(H2,56,70)(H,58,66)(H,59,73)(H,60,71)(H,61,72)(H,62,77)(H,63,76)(H,64,74)(H,65,75)(H,68,69)/t39-,40-,41-,42-,43-,44+/m0/s1. The predicted molar refractivity (Wildman–Crippen MR) is 292 cm³/mol. The fourth-order valence-corrected chi connectivity index (χ4v) is 9.10. The van der Waals surface area contributed by atoms with Crippen molar-refractivity contribution in [2.24, 2.45) is 11.7 Å². The Morgan fingerprint density at radius 2 is 1.22 bits per heavy atom. The summed E-state index contributed by atoms with van der Waals surface area (Å²) in [7, 11) is 0. The quantitative estimate of drug-likeness (QED) is 0.0353. The topological polar surface area (TPSA) is 349 Å². The molecule has 0 unspecified atom stereocenters. The van der Waals surface area contributed by atoms with E-state index < -0.39 is 119 Å². The van der Waals surface area contributed by atoms with Crippen LogP contribution in [0.5, 0.6) is 5.75 Å². The normalized spacial score (nSPS) is 15.0. The van der Waals surface area contributed by atoms with Crippen molar-refractivity contribution in [3.8, 4) is 5.75 Å². The van der Waals surface area contributed by atoms with Crippen molar-refractivity contribution in [2.75, 3.05) is 12.0 Å². The van der Waals surface area contributed by atoms with E-state index in [4.69, 9.17) is 5.73 Å². The SMILES string of the molecule is CSCC[C@H](NC(=O)[C@H](Cc1ccccc1)NC(C)=O)C(=O)NC(C)(C)C(=O)N[C@@H](Cc1ccc(O)cc1)C(=O)N[C@H](Cc1c[nH]c2ccccc12)C(=O)N[C@@H](CCC(=O)O)C(=O)NC1(C(=O)N[C@@H](CC(C)C)C(N)=O)CC1. The number of aromatic hydroxyl groups is 1. The smallest absolute Gasteiger partial charge is 0.303 e. The summed E-state index contributed by atoms with van der Waals surface area (Å²) in [6, 6.07) is 14.2. The number of phenolic OH excluding ortho intramolecular Hbond substituents is 1. The Labute approximate surface area is 456 Å². The van der Waals surface area contributed by atoms with Gasteiger partial charge in [0.05, 0.1) is 0 Å². The average molecular weight is 1100 g/mol. The number of nitrogens with one attached hydrogen (secondary N) is 9. The van der Waals surface area contributed by atoms with Crippen LogP contribution in [-0.2, 0) is 67.2 Å². The van der Waals surface area contributed by atoms with Crippen LogP contribution in [0.4, 0.5) is 0 Å². The molecule has 6 atom stereocenters. The highest BCUT2D eigenvalue weighted by molar-refractivity contribution is 7.98. The zero-order valence-electron chi connectivity index (χ0n) is 44.7. The number of carbonyl (C=O) groups excluding carboxylic acids is 9. The molecule has 0 radical (unpaired) electrons. The highest BCUT2D eigenvalue weighted by Crippen LogP contribution is 2.36. The molecule has 1 fully saturated rings. The summed E-state index contributed by atoms with van der Waals surface area (Å²) >= 11 is 1.42. The maximum absolute atomic E-state index is 14.8. The zero-order chi connectivity index (χ0) is 57.3. The second-order valence-corrected chi connectivity index (χ2v) is 21.5. The largest absolute Gasteiger partial charge is 0.508 e. The molecule has 9 amide bonds. The molecule has 1 aromatic heterocycles. The van der Waals surface area contributed by atoms with Gasteiger partial charge in [-0.3, -0.25) is 47.9 Å². The number of nitrogens with two attached hydrogens (primary N) is 1. The maximum Gasteiger partial charge on any atom is 0.303 e. The lowest BCUT2D eigenvalue weighted by molar-refractivity contribution is -0.139. The fourth-order valence-electron chi connectivity index (χ4n) is 8.63. The highest BCUT2D eigenvalue weighted by atomic mass is 32.2. The van der Waals surface area contributed by atoms with Crippen LogP contribution in [0.2, 0.25) is 0 Å². The first-order valence-electron chi connectivity index (χ1n) is 25.7. The van der Waals surface area contributed by atoms with Crippen LogP contribution in [-0.4, -0.2) is 134 Å². The monoisotopic (exact) mass is 1100 g/mol. The van der Waals surface area contributed by atoms with Crippen LogP contribution in [0.1, 0.15) is 89.8 Å². The number of carboxylic acid groups (broad SMARTS) is 1. The molecular formula is C55H72N10O12S.